The third-order valence-electron chi connectivity index (χ3n) is 2.88. The van der Waals surface area contributed by atoms with Crippen molar-refractivity contribution in [2.45, 2.75) is 0 Å². The molecule has 0 aromatic heterocycles. The van der Waals surface area contributed by atoms with Crippen LogP contribution in [0, 0.1) is 0 Å². The van der Waals surface area contributed by atoms with Crippen molar-refractivity contribution in [3.8, 4) is 0 Å². The van der Waals surface area contributed by atoms with Crippen molar-refractivity contribution in [2.75, 3.05) is 106 Å². The Kier molecular flexibility index (Phi) is 31.1. The van der Waals surface area contributed by atoms with Crippen LogP contribution in [0.15, 0.2) is 12.7 Å². The molecule has 0 aliphatic rings. The molecule has 0 radical (unpaired) electrons. The van der Waals surface area contributed by atoms with E-state index in [0.717, 1.165) is 6.08 Å². The van der Waals surface area contributed by atoms with Gasteiger partial charge in [-0.05, 0) is 0 Å². The summed E-state index contributed by atoms with van der Waals surface area (Å²) < 4.78 is 36.7. The Morgan fingerprint density at radius 1 is 0.533 bits per heavy atom. The topological polar surface area (TPSA) is 142 Å². The van der Waals surface area contributed by atoms with Crippen LogP contribution in [-0.4, -0.2) is 127 Å². The smallest absolute Gasteiger partial charge is 0.327 e. The first-order chi connectivity index (χ1) is 14.7. The van der Waals surface area contributed by atoms with Crippen molar-refractivity contribution in [3.63, 3.8) is 0 Å². The quantitative estimate of drug-likeness (QED) is 0.137. The van der Waals surface area contributed by atoms with Crippen molar-refractivity contribution < 1.29 is 53.3 Å². The Hall–Kier alpha value is -1.15. The van der Waals surface area contributed by atoms with Gasteiger partial charge >= 0.3 is 5.97 Å². The molecule has 30 heavy (non-hydrogen) atoms. The highest BCUT2D eigenvalue weighted by atomic mass is 16.6. The van der Waals surface area contributed by atoms with Gasteiger partial charge in [-0.3, -0.25) is 0 Å². The lowest BCUT2D eigenvalue weighted by atomic mass is 10.6. The van der Waals surface area contributed by atoms with Crippen LogP contribution in [-0.2, 0) is 38.0 Å². The summed E-state index contributed by atoms with van der Waals surface area (Å²) in [6, 6.07) is 0. The van der Waals surface area contributed by atoms with Crippen LogP contribution < -0.4 is 0 Å². The number of carbonyl (C=O) groups is 1. The third kappa shape index (κ3) is 34.4. The summed E-state index contributed by atoms with van der Waals surface area (Å²) in [6.45, 7) is 9.77. The summed E-state index contributed by atoms with van der Waals surface area (Å²) in [5, 5.41) is 24.6. The van der Waals surface area contributed by atoms with E-state index in [1.165, 1.54) is 0 Å². The van der Waals surface area contributed by atoms with E-state index in [2.05, 4.69) is 6.58 Å². The van der Waals surface area contributed by atoms with Crippen LogP contribution in [0.2, 0.25) is 0 Å². The second-order valence-corrected chi connectivity index (χ2v) is 5.28. The molecule has 0 saturated heterocycles. The first-order valence-corrected chi connectivity index (χ1v) is 9.80. The molecule has 11 heteroatoms. The molecule has 0 amide bonds. The second kappa shape index (κ2) is 30.0. The number of hydrogen-bond acceptors (Lipinski definition) is 10. The van der Waals surface area contributed by atoms with Crippen molar-refractivity contribution >= 4 is 5.97 Å². The minimum Gasteiger partial charge on any atom is -0.478 e. The van der Waals surface area contributed by atoms with Crippen molar-refractivity contribution in [3.05, 3.63) is 12.7 Å². The van der Waals surface area contributed by atoms with Crippen LogP contribution >= 0.6 is 0 Å². The van der Waals surface area contributed by atoms with E-state index in [1.54, 1.807) is 0 Å². The second-order valence-electron chi connectivity index (χ2n) is 5.28. The van der Waals surface area contributed by atoms with Gasteiger partial charge in [0.05, 0.1) is 106 Å². The molecule has 180 valence electrons. The van der Waals surface area contributed by atoms with Crippen LogP contribution in [0.4, 0.5) is 0 Å². The van der Waals surface area contributed by atoms with Crippen LogP contribution in [0.1, 0.15) is 0 Å². The first-order valence-electron chi connectivity index (χ1n) is 9.80. The van der Waals surface area contributed by atoms with Gasteiger partial charge in [0, 0.05) is 6.08 Å². The maximum absolute atomic E-state index is 9.25. The molecule has 0 aliphatic heterocycles. The number of carboxylic acid groups (broad SMARTS) is 1. The standard InChI is InChI=1S/C16H34O9.C3H4O2/c17-1-3-19-5-7-21-9-11-23-13-15-25-16-14-24-12-10-22-8-6-20-4-2-18;1-2-3(4)5/h17-18H,1-16H2;2H,1H2,(H,4,5). The highest BCUT2D eigenvalue weighted by Crippen LogP contribution is 1.85. The summed E-state index contributed by atoms with van der Waals surface area (Å²) in [4.78, 5) is 9.25. The van der Waals surface area contributed by atoms with E-state index in [1.807, 2.05) is 0 Å². The SMILES string of the molecule is C=CC(=O)O.OCCOCCOCCOCCOCCOCCOCCOCCO. The average Bonchev–Trinajstić information content (AvgIpc) is 2.75. The average molecular weight is 443 g/mol. The van der Waals surface area contributed by atoms with E-state index in [4.69, 9.17) is 48.5 Å². The number of hydrogen-bond donors (Lipinski definition) is 3. The van der Waals surface area contributed by atoms with Gasteiger partial charge in [0.2, 0.25) is 0 Å². The first kappa shape index (κ1) is 31.0. The third-order valence-corrected chi connectivity index (χ3v) is 2.88. The molecule has 0 saturated carbocycles. The fourth-order valence-electron chi connectivity index (χ4n) is 1.55. The van der Waals surface area contributed by atoms with E-state index in [9.17, 15) is 4.79 Å². The van der Waals surface area contributed by atoms with Crippen LogP contribution in [0.25, 0.3) is 0 Å². The summed E-state index contributed by atoms with van der Waals surface area (Å²) >= 11 is 0. The number of ether oxygens (including phenoxy) is 7. The molecule has 0 fully saturated rings. The lowest BCUT2D eigenvalue weighted by Gasteiger charge is -2.08. The van der Waals surface area contributed by atoms with Crippen LogP contribution in [0.3, 0.4) is 0 Å². The van der Waals surface area contributed by atoms with E-state index in [-0.39, 0.29) is 13.2 Å². The number of carboxylic acids is 1. The molecule has 11 nitrogen and oxygen atoms in total. The minimum atomic E-state index is -0.981. The molecule has 0 bridgehead atoms. The highest BCUT2D eigenvalue weighted by molar-refractivity contribution is 5.78. The molecule has 0 atom stereocenters. The Morgan fingerprint density at radius 2 is 0.700 bits per heavy atom. The summed E-state index contributed by atoms with van der Waals surface area (Å²) in [5.41, 5.74) is 0. The van der Waals surface area contributed by atoms with Gasteiger partial charge < -0.3 is 48.5 Å². The Balaban J connectivity index is 0. The zero-order valence-corrected chi connectivity index (χ0v) is 17.7. The monoisotopic (exact) mass is 442 g/mol. The van der Waals surface area contributed by atoms with Gasteiger partial charge in [-0.2, -0.15) is 0 Å². The largest absolute Gasteiger partial charge is 0.478 e. The van der Waals surface area contributed by atoms with Crippen LogP contribution in [0.5, 0.6) is 0 Å². The number of rotatable bonds is 23. The zero-order valence-electron chi connectivity index (χ0n) is 17.7. The number of aliphatic hydroxyl groups is 2. The Labute approximate surface area is 178 Å². The van der Waals surface area contributed by atoms with Gasteiger partial charge in [0.1, 0.15) is 0 Å². The molecule has 0 aromatic rings. The lowest BCUT2D eigenvalue weighted by molar-refractivity contribution is -0.131. The molecular weight excluding hydrogens is 404 g/mol. The number of aliphatic carboxylic acids is 1. The van der Waals surface area contributed by atoms with E-state index in [0.29, 0.717) is 92.5 Å². The fraction of sp³-hybridized carbons (Fsp3) is 0.842. The molecule has 0 rings (SSSR count). The van der Waals surface area contributed by atoms with Gasteiger partial charge in [0.25, 0.3) is 0 Å². The van der Waals surface area contributed by atoms with Crippen molar-refractivity contribution in [1.29, 1.82) is 0 Å². The summed E-state index contributed by atoms with van der Waals surface area (Å²) in [7, 11) is 0. The Bertz CT molecular complexity index is 320. The predicted octanol–water partition coefficient (Wildman–Crippen LogP) is -0.656. The molecule has 0 unspecified atom stereocenters. The molecule has 0 aromatic carbocycles. The minimum absolute atomic E-state index is 0.0312. The maximum Gasteiger partial charge on any atom is 0.327 e. The summed E-state index contributed by atoms with van der Waals surface area (Å²) in [6.07, 6.45) is 0.833. The van der Waals surface area contributed by atoms with E-state index >= 15 is 0 Å². The molecule has 0 heterocycles. The molecule has 0 spiro atoms. The summed E-state index contributed by atoms with van der Waals surface area (Å²) in [5.74, 6) is -0.981. The van der Waals surface area contributed by atoms with Gasteiger partial charge in [-0.1, -0.05) is 6.58 Å². The fourth-order valence-corrected chi connectivity index (χ4v) is 1.55. The van der Waals surface area contributed by atoms with Gasteiger partial charge in [-0.15, -0.1) is 0 Å². The van der Waals surface area contributed by atoms with Gasteiger partial charge in [0.15, 0.2) is 0 Å². The Morgan fingerprint density at radius 3 is 0.833 bits per heavy atom. The van der Waals surface area contributed by atoms with Crippen molar-refractivity contribution in [2.24, 2.45) is 0 Å². The number of aliphatic hydroxyl groups excluding tert-OH is 2. The lowest BCUT2D eigenvalue weighted by Crippen LogP contribution is -2.14. The molecular formula is C19H38O11. The predicted molar refractivity (Wildman–Crippen MR) is 108 cm³/mol. The molecule has 3 N–H and O–H groups in total. The van der Waals surface area contributed by atoms with E-state index < -0.39 is 5.97 Å². The van der Waals surface area contributed by atoms with Gasteiger partial charge in [-0.25, -0.2) is 4.79 Å². The zero-order chi connectivity index (χ0) is 22.5. The molecule has 0 aliphatic carbocycles. The highest BCUT2D eigenvalue weighted by Gasteiger charge is 1.94. The maximum atomic E-state index is 9.25. The van der Waals surface area contributed by atoms with Crippen molar-refractivity contribution in [1.82, 2.24) is 0 Å². The normalized spacial score (nSPS) is 10.5.